The molecule has 0 bridgehead atoms. The van der Waals surface area contributed by atoms with Crippen molar-refractivity contribution in [2.45, 2.75) is 66.7 Å². The van der Waals surface area contributed by atoms with Crippen molar-refractivity contribution in [3.8, 4) is 0 Å². The van der Waals surface area contributed by atoms with E-state index in [-0.39, 0.29) is 0 Å². The van der Waals surface area contributed by atoms with E-state index in [9.17, 15) is 4.79 Å². The smallest absolute Gasteiger partial charge is 0.435 e. The second-order valence-corrected chi connectivity index (χ2v) is 8.57. The summed E-state index contributed by atoms with van der Waals surface area (Å²) >= 11 is 0. The van der Waals surface area contributed by atoms with E-state index in [4.69, 9.17) is 4.74 Å². The standard InChI is InChI=1S/C16H27BN2O2/c1-14(2,3)21-13(20)19-9-12(8-18-19)17-10-15(4,5)16(6,7)11-17/h8-9H,10-11H2,1-7H3. The van der Waals surface area contributed by atoms with Gasteiger partial charge >= 0.3 is 6.09 Å². The Balaban J connectivity index is 2.13. The quantitative estimate of drug-likeness (QED) is 0.744. The third-order valence-corrected chi connectivity index (χ3v) is 5.00. The number of carbonyl (C=O) groups is 1. The molecular weight excluding hydrogens is 263 g/mol. The van der Waals surface area contributed by atoms with Crippen LogP contribution in [0.4, 0.5) is 4.79 Å². The summed E-state index contributed by atoms with van der Waals surface area (Å²) in [5.74, 6) is 0. The van der Waals surface area contributed by atoms with Crippen LogP contribution in [0, 0.1) is 10.8 Å². The van der Waals surface area contributed by atoms with Gasteiger partial charge in [-0.15, -0.1) is 0 Å². The van der Waals surface area contributed by atoms with Crippen molar-refractivity contribution in [3.05, 3.63) is 12.4 Å². The summed E-state index contributed by atoms with van der Waals surface area (Å²) in [5.41, 5.74) is 1.23. The van der Waals surface area contributed by atoms with Crippen LogP contribution in [0.25, 0.3) is 0 Å². The third kappa shape index (κ3) is 3.33. The van der Waals surface area contributed by atoms with Gasteiger partial charge in [-0.3, -0.25) is 0 Å². The van der Waals surface area contributed by atoms with Crippen molar-refractivity contribution in [2.24, 2.45) is 10.8 Å². The number of nitrogens with zero attached hydrogens (tertiary/aromatic N) is 2. The number of ether oxygens (including phenoxy) is 1. The molecule has 1 aliphatic rings. The molecule has 1 fully saturated rings. The van der Waals surface area contributed by atoms with Crippen LogP contribution in [0.1, 0.15) is 48.5 Å². The van der Waals surface area contributed by atoms with Crippen LogP contribution < -0.4 is 5.46 Å². The van der Waals surface area contributed by atoms with Gasteiger partial charge in [0.15, 0.2) is 6.71 Å². The topological polar surface area (TPSA) is 44.1 Å². The predicted octanol–water partition coefficient (Wildman–Crippen LogP) is 3.43. The Hall–Kier alpha value is -1.26. The summed E-state index contributed by atoms with van der Waals surface area (Å²) in [5, 5.41) is 4.18. The van der Waals surface area contributed by atoms with Crippen LogP contribution in [-0.4, -0.2) is 28.2 Å². The van der Waals surface area contributed by atoms with Gasteiger partial charge in [0.1, 0.15) is 5.60 Å². The molecule has 1 aliphatic heterocycles. The molecule has 0 aliphatic carbocycles. The summed E-state index contributed by atoms with van der Waals surface area (Å²) in [6, 6.07) is 0. The van der Waals surface area contributed by atoms with Crippen molar-refractivity contribution in [1.82, 2.24) is 9.78 Å². The monoisotopic (exact) mass is 290 g/mol. The largest absolute Gasteiger partial charge is 0.442 e. The summed E-state index contributed by atoms with van der Waals surface area (Å²) in [6.45, 7) is 15.3. The van der Waals surface area contributed by atoms with Crippen LogP contribution in [0.2, 0.25) is 12.6 Å². The van der Waals surface area contributed by atoms with Gasteiger partial charge < -0.3 is 4.74 Å². The van der Waals surface area contributed by atoms with Gasteiger partial charge in [0.25, 0.3) is 0 Å². The van der Waals surface area contributed by atoms with Crippen LogP contribution in [0.15, 0.2) is 12.4 Å². The molecule has 4 nitrogen and oxygen atoms in total. The molecule has 0 amide bonds. The fourth-order valence-corrected chi connectivity index (χ4v) is 3.05. The molecule has 0 atom stereocenters. The highest BCUT2D eigenvalue weighted by atomic mass is 16.6. The lowest BCUT2D eigenvalue weighted by molar-refractivity contribution is 0.0514. The van der Waals surface area contributed by atoms with Gasteiger partial charge in [0.2, 0.25) is 0 Å². The number of hydrogen-bond donors (Lipinski definition) is 0. The molecule has 0 unspecified atom stereocenters. The molecule has 0 saturated carbocycles. The van der Waals surface area contributed by atoms with Gasteiger partial charge in [-0.25, -0.2) is 4.79 Å². The second kappa shape index (κ2) is 4.89. The SMILES string of the molecule is CC(C)(C)OC(=O)n1cc(B2CC(C)(C)C(C)(C)C2)cn1. The number of hydrogen-bond acceptors (Lipinski definition) is 3. The van der Waals surface area contributed by atoms with E-state index in [0.717, 1.165) is 18.1 Å². The highest BCUT2D eigenvalue weighted by molar-refractivity contribution is 6.74. The Morgan fingerprint density at radius 1 is 1.24 bits per heavy atom. The molecule has 2 heterocycles. The zero-order valence-electron chi connectivity index (χ0n) is 14.4. The van der Waals surface area contributed by atoms with Crippen molar-refractivity contribution in [1.29, 1.82) is 0 Å². The molecular formula is C16H27BN2O2. The Labute approximate surface area is 128 Å². The van der Waals surface area contributed by atoms with E-state index in [1.54, 1.807) is 0 Å². The minimum absolute atomic E-state index is 0.297. The van der Waals surface area contributed by atoms with E-state index < -0.39 is 11.7 Å². The molecule has 0 radical (unpaired) electrons. The average molecular weight is 290 g/mol. The Kier molecular flexibility index (Phi) is 3.75. The third-order valence-electron chi connectivity index (χ3n) is 5.00. The molecule has 0 N–H and O–H groups in total. The van der Waals surface area contributed by atoms with Crippen molar-refractivity contribution in [3.63, 3.8) is 0 Å². The first-order chi connectivity index (χ1) is 9.41. The molecule has 5 heteroatoms. The van der Waals surface area contributed by atoms with Gasteiger partial charge in [0.05, 0.1) is 0 Å². The van der Waals surface area contributed by atoms with E-state index in [1.165, 1.54) is 4.68 Å². The lowest BCUT2D eigenvalue weighted by Crippen LogP contribution is -2.29. The fraction of sp³-hybridized carbons (Fsp3) is 0.750. The Morgan fingerprint density at radius 3 is 2.24 bits per heavy atom. The summed E-state index contributed by atoms with van der Waals surface area (Å²) in [4.78, 5) is 12.0. The van der Waals surface area contributed by atoms with Gasteiger partial charge in [-0.2, -0.15) is 9.78 Å². The van der Waals surface area contributed by atoms with Crippen LogP contribution in [-0.2, 0) is 4.74 Å². The minimum atomic E-state index is -0.499. The van der Waals surface area contributed by atoms with Crippen molar-refractivity contribution < 1.29 is 9.53 Å². The van der Waals surface area contributed by atoms with E-state index in [2.05, 4.69) is 32.8 Å². The average Bonchev–Trinajstić information content (AvgIpc) is 2.80. The first-order valence-electron chi connectivity index (χ1n) is 7.69. The zero-order chi connectivity index (χ0) is 16.1. The molecule has 1 aromatic rings. The molecule has 0 spiro atoms. The lowest BCUT2D eigenvalue weighted by Gasteiger charge is -2.35. The molecule has 0 aromatic carbocycles. The fourth-order valence-electron chi connectivity index (χ4n) is 3.05. The molecule has 2 rings (SSSR count). The first kappa shape index (κ1) is 16.1. The van der Waals surface area contributed by atoms with Crippen LogP contribution in [0.5, 0.6) is 0 Å². The van der Waals surface area contributed by atoms with Gasteiger partial charge in [-0.1, -0.05) is 40.3 Å². The van der Waals surface area contributed by atoms with Gasteiger partial charge in [-0.05, 0) is 37.1 Å². The van der Waals surface area contributed by atoms with Crippen molar-refractivity contribution in [2.75, 3.05) is 0 Å². The van der Waals surface area contributed by atoms with Gasteiger partial charge in [0, 0.05) is 12.4 Å². The van der Waals surface area contributed by atoms with Crippen LogP contribution >= 0.6 is 0 Å². The number of carbonyl (C=O) groups excluding carboxylic acids is 1. The maximum Gasteiger partial charge on any atom is 0.435 e. The molecule has 116 valence electrons. The Morgan fingerprint density at radius 2 is 1.76 bits per heavy atom. The summed E-state index contributed by atoms with van der Waals surface area (Å²) in [7, 11) is 0. The summed E-state index contributed by atoms with van der Waals surface area (Å²) < 4.78 is 6.66. The maximum absolute atomic E-state index is 12.0. The van der Waals surface area contributed by atoms with E-state index in [0.29, 0.717) is 17.5 Å². The highest BCUT2D eigenvalue weighted by Gasteiger charge is 2.48. The van der Waals surface area contributed by atoms with Crippen LogP contribution in [0.3, 0.4) is 0 Å². The minimum Gasteiger partial charge on any atom is -0.442 e. The predicted molar refractivity (Wildman–Crippen MR) is 86.4 cm³/mol. The number of aromatic nitrogens is 2. The maximum atomic E-state index is 12.0. The lowest BCUT2D eigenvalue weighted by atomic mass is 9.43. The van der Waals surface area contributed by atoms with Crippen molar-refractivity contribution >= 4 is 18.3 Å². The normalized spacial score (nSPS) is 20.6. The number of rotatable bonds is 1. The molecule has 21 heavy (non-hydrogen) atoms. The van der Waals surface area contributed by atoms with E-state index >= 15 is 0 Å². The first-order valence-corrected chi connectivity index (χ1v) is 7.69. The highest BCUT2D eigenvalue weighted by Crippen LogP contribution is 2.52. The molecule has 1 aromatic heterocycles. The zero-order valence-corrected chi connectivity index (χ0v) is 14.4. The second-order valence-electron chi connectivity index (χ2n) is 8.57. The summed E-state index contributed by atoms with van der Waals surface area (Å²) in [6.07, 6.45) is 5.48. The Bertz CT molecular complexity index is 525. The van der Waals surface area contributed by atoms with E-state index in [1.807, 2.05) is 33.2 Å². The molecule has 1 saturated heterocycles.